The number of benzene rings is 1. The zero-order valence-corrected chi connectivity index (χ0v) is 14.2. The van der Waals surface area contributed by atoms with Crippen molar-refractivity contribution in [3.8, 4) is 0 Å². The van der Waals surface area contributed by atoms with Crippen molar-refractivity contribution >= 4 is 38.7 Å². The SMILES string of the molecule is CN(C)[C@H](CNC(=O)c1ccsc1)c1csc2ccccc12. The van der Waals surface area contributed by atoms with Crippen molar-refractivity contribution in [2.75, 3.05) is 20.6 Å². The molecular formula is C17H18N2OS2. The number of likely N-dealkylation sites (N-methyl/N-ethyl adjacent to an activating group) is 1. The number of hydrogen-bond donors (Lipinski definition) is 1. The molecule has 3 nitrogen and oxygen atoms in total. The molecule has 22 heavy (non-hydrogen) atoms. The fourth-order valence-corrected chi connectivity index (χ4v) is 4.16. The summed E-state index contributed by atoms with van der Waals surface area (Å²) >= 11 is 3.29. The zero-order valence-electron chi connectivity index (χ0n) is 12.6. The highest BCUT2D eigenvalue weighted by Gasteiger charge is 2.19. The van der Waals surface area contributed by atoms with Gasteiger partial charge >= 0.3 is 0 Å². The first kappa shape index (κ1) is 15.2. The molecule has 0 aliphatic carbocycles. The average molecular weight is 330 g/mol. The molecule has 0 radical (unpaired) electrons. The number of rotatable bonds is 5. The Hall–Kier alpha value is -1.69. The van der Waals surface area contributed by atoms with Gasteiger partial charge in [0, 0.05) is 22.2 Å². The van der Waals surface area contributed by atoms with Gasteiger partial charge in [0.25, 0.3) is 5.91 Å². The van der Waals surface area contributed by atoms with Gasteiger partial charge in [-0.3, -0.25) is 4.79 Å². The summed E-state index contributed by atoms with van der Waals surface area (Å²) in [4.78, 5) is 14.3. The van der Waals surface area contributed by atoms with Crippen molar-refractivity contribution in [1.82, 2.24) is 10.2 Å². The molecule has 1 amide bonds. The van der Waals surface area contributed by atoms with Crippen LogP contribution in [0.2, 0.25) is 0 Å². The Kier molecular flexibility index (Phi) is 4.57. The molecule has 0 saturated carbocycles. The van der Waals surface area contributed by atoms with E-state index in [1.807, 2.05) is 30.9 Å². The number of nitrogens with zero attached hydrogens (tertiary/aromatic N) is 1. The second-order valence-corrected chi connectivity index (χ2v) is 7.08. The molecule has 0 aliphatic rings. The van der Waals surface area contributed by atoms with Crippen LogP contribution in [0.5, 0.6) is 0 Å². The van der Waals surface area contributed by atoms with Crippen molar-refractivity contribution in [3.63, 3.8) is 0 Å². The first-order chi connectivity index (χ1) is 10.7. The van der Waals surface area contributed by atoms with Gasteiger partial charge in [-0.15, -0.1) is 11.3 Å². The number of fused-ring (bicyclic) bond motifs is 1. The van der Waals surface area contributed by atoms with E-state index in [0.717, 1.165) is 5.56 Å². The Bertz CT molecular complexity index is 762. The van der Waals surface area contributed by atoms with Crippen LogP contribution >= 0.6 is 22.7 Å². The van der Waals surface area contributed by atoms with Crippen LogP contribution in [0.15, 0.2) is 46.5 Å². The van der Waals surface area contributed by atoms with E-state index in [2.05, 4.69) is 39.9 Å². The van der Waals surface area contributed by atoms with Crippen molar-refractivity contribution in [1.29, 1.82) is 0 Å². The van der Waals surface area contributed by atoms with Crippen LogP contribution in [0.4, 0.5) is 0 Å². The quantitative estimate of drug-likeness (QED) is 0.767. The molecular weight excluding hydrogens is 312 g/mol. The molecule has 0 bridgehead atoms. The van der Waals surface area contributed by atoms with Gasteiger partial charge in [0.2, 0.25) is 0 Å². The Morgan fingerprint density at radius 1 is 1.23 bits per heavy atom. The van der Waals surface area contributed by atoms with Gasteiger partial charge in [0.05, 0.1) is 6.04 Å². The van der Waals surface area contributed by atoms with Crippen molar-refractivity contribution in [2.45, 2.75) is 6.04 Å². The normalized spacial score (nSPS) is 12.7. The highest BCUT2D eigenvalue weighted by Crippen LogP contribution is 2.32. The number of carbonyl (C=O) groups is 1. The van der Waals surface area contributed by atoms with Gasteiger partial charge in [0.15, 0.2) is 0 Å². The smallest absolute Gasteiger partial charge is 0.252 e. The van der Waals surface area contributed by atoms with E-state index < -0.39 is 0 Å². The highest BCUT2D eigenvalue weighted by molar-refractivity contribution is 7.17. The van der Waals surface area contributed by atoms with Crippen molar-refractivity contribution in [3.05, 3.63) is 57.6 Å². The maximum Gasteiger partial charge on any atom is 0.252 e. The lowest BCUT2D eigenvalue weighted by atomic mass is 10.0. The van der Waals surface area contributed by atoms with E-state index in [0.29, 0.717) is 6.54 Å². The fraction of sp³-hybridized carbons (Fsp3) is 0.235. The molecule has 1 aromatic carbocycles. The Morgan fingerprint density at radius 2 is 2.05 bits per heavy atom. The van der Waals surface area contributed by atoms with Crippen LogP contribution in [-0.4, -0.2) is 31.4 Å². The third-order valence-electron chi connectivity index (χ3n) is 3.73. The minimum absolute atomic E-state index is 0.00682. The van der Waals surface area contributed by atoms with Crippen LogP contribution in [0.3, 0.4) is 0 Å². The van der Waals surface area contributed by atoms with E-state index in [1.165, 1.54) is 27.0 Å². The van der Waals surface area contributed by atoms with Gasteiger partial charge in [-0.2, -0.15) is 11.3 Å². The minimum atomic E-state index is -0.00682. The second-order valence-electron chi connectivity index (χ2n) is 5.39. The summed E-state index contributed by atoms with van der Waals surface area (Å²) in [5, 5.41) is 10.3. The summed E-state index contributed by atoms with van der Waals surface area (Å²) in [7, 11) is 4.10. The highest BCUT2D eigenvalue weighted by atomic mass is 32.1. The summed E-state index contributed by atoms with van der Waals surface area (Å²) < 4.78 is 1.29. The first-order valence-electron chi connectivity index (χ1n) is 7.10. The molecule has 0 fully saturated rings. The van der Waals surface area contributed by atoms with Crippen LogP contribution in [-0.2, 0) is 0 Å². The molecule has 0 spiro atoms. The molecule has 114 valence electrons. The average Bonchev–Trinajstić information content (AvgIpc) is 3.17. The summed E-state index contributed by atoms with van der Waals surface area (Å²) in [6.45, 7) is 0.600. The lowest BCUT2D eigenvalue weighted by Gasteiger charge is -2.24. The second kappa shape index (κ2) is 6.60. The molecule has 0 unspecified atom stereocenters. The Morgan fingerprint density at radius 3 is 2.77 bits per heavy atom. The zero-order chi connectivity index (χ0) is 15.5. The van der Waals surface area contributed by atoms with E-state index >= 15 is 0 Å². The Labute approximate surface area is 138 Å². The van der Waals surface area contributed by atoms with Gasteiger partial charge in [-0.1, -0.05) is 18.2 Å². The van der Waals surface area contributed by atoms with Crippen molar-refractivity contribution in [2.24, 2.45) is 0 Å². The molecule has 0 saturated heterocycles. The molecule has 3 aromatic rings. The summed E-state index contributed by atoms with van der Waals surface area (Å²) in [5.74, 6) is -0.00682. The molecule has 3 rings (SSSR count). The van der Waals surface area contributed by atoms with Crippen LogP contribution < -0.4 is 5.32 Å². The maximum atomic E-state index is 12.1. The predicted molar refractivity (Wildman–Crippen MR) is 94.9 cm³/mol. The van der Waals surface area contributed by atoms with Crippen LogP contribution in [0, 0.1) is 0 Å². The maximum absolute atomic E-state index is 12.1. The number of thiophene rings is 2. The monoisotopic (exact) mass is 330 g/mol. The van der Waals surface area contributed by atoms with Crippen LogP contribution in [0.25, 0.3) is 10.1 Å². The molecule has 1 N–H and O–H groups in total. The molecule has 0 aliphatic heterocycles. The van der Waals surface area contributed by atoms with Gasteiger partial charge in [-0.05, 0) is 47.9 Å². The predicted octanol–water partition coefficient (Wildman–Crippen LogP) is 4.00. The van der Waals surface area contributed by atoms with E-state index in [-0.39, 0.29) is 11.9 Å². The van der Waals surface area contributed by atoms with E-state index in [9.17, 15) is 4.79 Å². The number of amides is 1. The number of hydrogen-bond acceptors (Lipinski definition) is 4. The lowest BCUT2D eigenvalue weighted by Crippen LogP contribution is -2.34. The molecule has 2 aromatic heterocycles. The first-order valence-corrected chi connectivity index (χ1v) is 8.92. The summed E-state index contributed by atoms with van der Waals surface area (Å²) in [5.41, 5.74) is 2.01. The summed E-state index contributed by atoms with van der Waals surface area (Å²) in [6, 6.07) is 10.4. The summed E-state index contributed by atoms with van der Waals surface area (Å²) in [6.07, 6.45) is 0. The van der Waals surface area contributed by atoms with Gasteiger partial charge < -0.3 is 10.2 Å². The third-order valence-corrected chi connectivity index (χ3v) is 5.40. The molecule has 2 heterocycles. The molecule has 1 atom stereocenters. The standard InChI is InChI=1S/C17H18N2OS2/c1-19(2)15(9-18-17(20)12-7-8-21-10-12)14-11-22-16-6-4-3-5-13(14)16/h3-8,10-11,15H,9H2,1-2H3,(H,18,20)/t15-/m1/s1. The largest absolute Gasteiger partial charge is 0.350 e. The number of nitrogens with one attached hydrogen (secondary N) is 1. The third kappa shape index (κ3) is 3.06. The van der Waals surface area contributed by atoms with Crippen LogP contribution in [0.1, 0.15) is 22.0 Å². The van der Waals surface area contributed by atoms with E-state index in [4.69, 9.17) is 0 Å². The minimum Gasteiger partial charge on any atom is -0.350 e. The fourth-order valence-electron chi connectivity index (χ4n) is 2.51. The Balaban J connectivity index is 1.80. The lowest BCUT2D eigenvalue weighted by molar-refractivity contribution is 0.0942. The van der Waals surface area contributed by atoms with Gasteiger partial charge in [-0.25, -0.2) is 0 Å². The number of carbonyl (C=O) groups excluding carboxylic acids is 1. The van der Waals surface area contributed by atoms with Crippen molar-refractivity contribution < 1.29 is 4.79 Å². The topological polar surface area (TPSA) is 32.3 Å². The van der Waals surface area contributed by atoms with Gasteiger partial charge in [0.1, 0.15) is 0 Å². The van der Waals surface area contributed by atoms with E-state index in [1.54, 1.807) is 11.3 Å². The molecule has 5 heteroatoms.